The molecule has 0 aliphatic heterocycles. The number of pyridine rings is 5. The maximum Gasteiger partial charge on any atom is 0.327 e. The molecule has 30 heteroatoms. The number of aromatic amines is 5. The van der Waals surface area contributed by atoms with Gasteiger partial charge in [0.05, 0.1) is 70.4 Å². The molecule has 15 rings (SSSR count). The number of hydrogen-bond acceptors (Lipinski definition) is 12. The van der Waals surface area contributed by atoms with Crippen LogP contribution in [-0.2, 0) is 13.6 Å². The highest BCUT2D eigenvalue weighted by Gasteiger charge is 2.26. The maximum absolute atomic E-state index is 13.1. The lowest BCUT2D eigenvalue weighted by molar-refractivity contribution is 0.199. The summed E-state index contributed by atoms with van der Waals surface area (Å²) in [7, 11) is 1.63. The van der Waals surface area contributed by atoms with Crippen molar-refractivity contribution in [3.05, 3.63) is 271 Å². The van der Waals surface area contributed by atoms with Crippen LogP contribution in [0.5, 0.6) is 0 Å². The van der Waals surface area contributed by atoms with Crippen LogP contribution in [0.25, 0.3) is 111 Å². The van der Waals surface area contributed by atoms with Gasteiger partial charge in [0.1, 0.15) is 17.5 Å². The standard InChI is InChI=1S/C19H22ClN3O2.C18H17ClN4O.C15H13ClFN3O.C15H11ClFN3O.C13H9ClFN3O/c1-4-14(5-2)23-17-16(13-8-6-12(7-9-13)11(3)24)15(20)10-21-18(17)22-19(23)25;1-3-12(4-2)23-16-15(13-8-6-5-7-11(13)9-20)14(19)10-21-17(16)22-18(23)24;1-8(2)20-13-12(9-3-5-10(17)6-4-9)11(16)7-18-14(13)19-15(20)21;1-2-7-20-13-12(9-3-5-10(17)6-4-9)11(16)8-18-14(13)19-15(20)21;1-18-11-10(7-2-4-8(15)5-3-7)9(14)6-16-12(11)17-13(18)19/h6-11,14,24H,4-5H2,1-3H3,(H,21,22,25);5-8,10,12H,3-4H2,1-2H3,(H,21,22,24);3-8H,1-2H3,(H,18,19,21);2-6,8H,1,7H2,(H,18,19,21);2-6H,1H3,(H,16,17,19). The summed E-state index contributed by atoms with van der Waals surface area (Å²) in [6, 6.07) is 34.9. The number of H-pyrrole nitrogens is 5. The molecule has 1 unspecified atom stereocenters. The second kappa shape index (κ2) is 34.5. The van der Waals surface area contributed by atoms with Crippen LogP contribution in [0.2, 0.25) is 25.1 Å². The first-order valence-corrected chi connectivity index (χ1v) is 36.7. The number of rotatable bonds is 15. The molecule has 6 N–H and O–H groups in total. The van der Waals surface area contributed by atoms with Crippen molar-refractivity contribution in [2.24, 2.45) is 7.05 Å². The van der Waals surface area contributed by atoms with Crippen molar-refractivity contribution in [1.82, 2.24) is 72.7 Å². The summed E-state index contributed by atoms with van der Waals surface area (Å²) in [5.41, 5.74) is 13.0. The van der Waals surface area contributed by atoms with Gasteiger partial charge in [0.15, 0.2) is 28.2 Å². The predicted octanol–water partition coefficient (Wildman–Crippen LogP) is 18.6. The minimum atomic E-state index is -0.531. The summed E-state index contributed by atoms with van der Waals surface area (Å²) in [5, 5.41) is 21.3. The highest BCUT2D eigenvalue weighted by Crippen LogP contribution is 2.41. The molecule has 110 heavy (non-hydrogen) atoms. The topological polar surface area (TPSA) is 297 Å². The molecule has 0 fully saturated rings. The maximum atomic E-state index is 13.1. The molecule has 10 heterocycles. The first-order chi connectivity index (χ1) is 52.8. The fourth-order valence-corrected chi connectivity index (χ4v) is 14.5. The molecule has 0 saturated heterocycles. The van der Waals surface area contributed by atoms with E-state index in [-0.39, 0.29) is 64.0 Å². The lowest BCUT2D eigenvalue weighted by atomic mass is 10.00. The first-order valence-electron chi connectivity index (χ1n) is 34.8. The van der Waals surface area contributed by atoms with E-state index in [0.717, 1.165) is 59.0 Å². The molecule has 0 amide bonds. The van der Waals surface area contributed by atoms with Crippen molar-refractivity contribution in [2.75, 3.05) is 0 Å². The Bertz CT molecular complexity index is 6260. The number of allylic oxidation sites excluding steroid dienone is 1. The summed E-state index contributed by atoms with van der Waals surface area (Å²) in [6.45, 7) is 17.7. The van der Waals surface area contributed by atoms with E-state index >= 15 is 0 Å². The number of aryl methyl sites for hydroxylation is 1. The molecule has 15 aromatic rings. The van der Waals surface area contributed by atoms with Crippen molar-refractivity contribution in [2.45, 2.75) is 105 Å². The van der Waals surface area contributed by atoms with Crippen molar-refractivity contribution >= 4 is 114 Å². The Balaban J connectivity index is 0.000000137. The van der Waals surface area contributed by atoms with Crippen LogP contribution in [-0.4, -0.2) is 77.8 Å². The Morgan fingerprint density at radius 3 is 1.15 bits per heavy atom. The van der Waals surface area contributed by atoms with Gasteiger partial charge in [-0.05, 0) is 117 Å². The van der Waals surface area contributed by atoms with Gasteiger partial charge in [-0.3, -0.25) is 47.8 Å². The fourth-order valence-electron chi connectivity index (χ4n) is 13.2. The zero-order valence-corrected chi connectivity index (χ0v) is 64.3. The molecule has 0 radical (unpaired) electrons. The zero-order chi connectivity index (χ0) is 79.1. The van der Waals surface area contributed by atoms with Crippen LogP contribution >= 0.6 is 58.0 Å². The number of benzene rings is 5. The van der Waals surface area contributed by atoms with Crippen LogP contribution in [0, 0.1) is 28.8 Å². The minimum Gasteiger partial charge on any atom is -0.389 e. The molecule has 0 bridgehead atoms. The zero-order valence-electron chi connectivity index (χ0n) is 60.5. The highest BCUT2D eigenvalue weighted by atomic mass is 35.5. The molecule has 1 atom stereocenters. The number of aromatic nitrogens is 15. The lowest BCUT2D eigenvalue weighted by Crippen LogP contribution is -2.21. The van der Waals surface area contributed by atoms with Crippen LogP contribution in [0.15, 0.2) is 189 Å². The normalized spacial score (nSPS) is 11.6. The summed E-state index contributed by atoms with van der Waals surface area (Å²) >= 11 is 31.6. The lowest BCUT2D eigenvalue weighted by Gasteiger charge is -2.17. The Labute approximate surface area is 650 Å². The first kappa shape index (κ1) is 79.7. The van der Waals surface area contributed by atoms with Crippen molar-refractivity contribution < 1.29 is 18.3 Å². The van der Waals surface area contributed by atoms with Gasteiger partial charge in [-0.15, -0.1) is 6.58 Å². The molecule has 5 aromatic carbocycles. The van der Waals surface area contributed by atoms with E-state index in [1.165, 1.54) is 70.3 Å². The Hall–Kier alpha value is -11.4. The Kier molecular flexibility index (Phi) is 25.0. The van der Waals surface area contributed by atoms with Gasteiger partial charge in [-0.25, -0.2) is 62.1 Å². The van der Waals surface area contributed by atoms with E-state index in [0.29, 0.717) is 121 Å². The third-order valence-electron chi connectivity index (χ3n) is 18.5. The van der Waals surface area contributed by atoms with E-state index < -0.39 is 6.10 Å². The second-order valence-electron chi connectivity index (χ2n) is 25.6. The number of hydrogen-bond donors (Lipinski definition) is 6. The quantitative estimate of drug-likeness (QED) is 0.0522. The van der Waals surface area contributed by atoms with Gasteiger partial charge < -0.3 is 5.11 Å². The molecular weight excluding hydrogens is 1520 g/mol. The SMILES string of the molecule is C=CCn1c(=O)[nH]c2ncc(Cl)c(-c3ccc(F)cc3)c21.CC(C)n1c(=O)[nH]c2ncc(Cl)c(-c3ccc(F)cc3)c21.CCC(CC)n1c(=O)[nH]c2ncc(Cl)c(-c3ccc(C(C)O)cc3)c21.CCC(CC)n1c(=O)[nH]c2ncc(Cl)c(-c3ccccc3C#N)c21.Cn1c(=O)[nH]c2ncc(Cl)c(-c3ccc(F)cc3)c21. The Morgan fingerprint density at radius 2 is 0.773 bits per heavy atom. The number of aliphatic hydroxyl groups excluding tert-OH is 1. The van der Waals surface area contributed by atoms with Crippen LogP contribution in [0.1, 0.15) is 110 Å². The molecule has 0 aliphatic rings. The molecule has 564 valence electrons. The molecule has 10 aromatic heterocycles. The number of nitrogens with one attached hydrogen (secondary N) is 5. The summed E-state index contributed by atoms with van der Waals surface area (Å²) in [5.74, 6) is -0.985. The largest absolute Gasteiger partial charge is 0.389 e. The average Bonchev–Trinajstić information content (AvgIpc) is 1.56. The van der Waals surface area contributed by atoms with E-state index in [1.54, 1.807) is 88.5 Å². The number of fused-ring (bicyclic) bond motifs is 5. The van der Waals surface area contributed by atoms with Gasteiger partial charge in [-0.1, -0.05) is 171 Å². The Morgan fingerprint density at radius 1 is 0.455 bits per heavy atom. The predicted molar refractivity (Wildman–Crippen MR) is 430 cm³/mol. The van der Waals surface area contributed by atoms with E-state index in [1.807, 2.05) is 64.1 Å². The van der Waals surface area contributed by atoms with Gasteiger partial charge in [-0.2, -0.15) is 5.26 Å². The van der Waals surface area contributed by atoms with Crippen molar-refractivity contribution in [3.8, 4) is 61.7 Å². The molecule has 0 saturated carbocycles. The van der Waals surface area contributed by atoms with Gasteiger partial charge >= 0.3 is 28.4 Å². The van der Waals surface area contributed by atoms with E-state index in [4.69, 9.17) is 58.0 Å². The van der Waals surface area contributed by atoms with E-state index in [2.05, 4.69) is 76.3 Å². The number of halogens is 8. The molecular formula is C80H72Cl5F3N16O6. The van der Waals surface area contributed by atoms with Crippen molar-refractivity contribution in [1.29, 1.82) is 5.26 Å². The number of imidazole rings is 5. The summed E-state index contributed by atoms with van der Waals surface area (Å²) < 4.78 is 47.2. The van der Waals surface area contributed by atoms with Crippen molar-refractivity contribution in [3.63, 3.8) is 0 Å². The third-order valence-corrected chi connectivity index (χ3v) is 20.0. The smallest absolute Gasteiger partial charge is 0.327 e. The van der Waals surface area contributed by atoms with E-state index in [9.17, 15) is 47.5 Å². The minimum absolute atomic E-state index is 0.0412. The number of nitriles is 1. The second-order valence-corrected chi connectivity index (χ2v) is 27.7. The summed E-state index contributed by atoms with van der Waals surface area (Å²) in [4.78, 5) is 95.4. The molecule has 22 nitrogen and oxygen atoms in total. The van der Waals surface area contributed by atoms with Gasteiger partial charge in [0, 0.05) is 96.1 Å². The molecule has 0 spiro atoms. The van der Waals surface area contributed by atoms with Gasteiger partial charge in [0.2, 0.25) is 0 Å². The highest BCUT2D eigenvalue weighted by molar-refractivity contribution is 6.36. The summed E-state index contributed by atoms with van der Waals surface area (Å²) in [6.07, 6.45) is 11.9. The molecule has 0 aliphatic carbocycles. The van der Waals surface area contributed by atoms with Crippen LogP contribution in [0.4, 0.5) is 13.2 Å². The number of aliphatic hydroxyl groups is 1. The van der Waals surface area contributed by atoms with Gasteiger partial charge in [0.25, 0.3) is 0 Å². The van der Waals surface area contributed by atoms with Crippen LogP contribution < -0.4 is 28.4 Å². The average molecular weight is 1590 g/mol. The number of nitrogens with zero attached hydrogens (tertiary/aromatic N) is 11. The van der Waals surface area contributed by atoms with Crippen LogP contribution in [0.3, 0.4) is 0 Å². The monoisotopic (exact) mass is 1580 g/mol. The third kappa shape index (κ3) is 16.2. The fraction of sp³-hybridized carbons (Fsp3) is 0.212.